The third kappa shape index (κ3) is 2.27. The summed E-state index contributed by atoms with van der Waals surface area (Å²) in [6, 6.07) is 4.24. The molecule has 6 heteroatoms. The second-order valence-electron chi connectivity index (χ2n) is 5.06. The van der Waals surface area contributed by atoms with E-state index < -0.39 is 5.97 Å². The zero-order valence-electron chi connectivity index (χ0n) is 11.0. The SMILES string of the molecule is O=C([O-])c1ccc(N2C(=O)C3=C(CCCC3)C2=O)c(I)c1. The molecular formula is C15H11INO4-. The maximum Gasteiger partial charge on any atom is 0.261 e. The summed E-state index contributed by atoms with van der Waals surface area (Å²) < 4.78 is 0.538. The number of hydrogen-bond acceptors (Lipinski definition) is 4. The van der Waals surface area contributed by atoms with Crippen LogP contribution in [0.15, 0.2) is 29.3 Å². The number of carbonyl (C=O) groups is 3. The summed E-state index contributed by atoms with van der Waals surface area (Å²) in [6.45, 7) is 0. The number of anilines is 1. The van der Waals surface area contributed by atoms with E-state index in [1.165, 1.54) is 18.2 Å². The van der Waals surface area contributed by atoms with E-state index in [0.29, 0.717) is 33.2 Å². The lowest BCUT2D eigenvalue weighted by molar-refractivity contribution is -0.255. The standard InChI is InChI=1S/C15H12INO4/c16-11-7-8(15(20)21)5-6-12(11)17-13(18)9-3-1-2-4-10(9)14(17)19/h5-7H,1-4H2,(H,20,21)/p-1. The fourth-order valence-electron chi connectivity index (χ4n) is 2.77. The number of halogens is 1. The van der Waals surface area contributed by atoms with Gasteiger partial charge in [-0.1, -0.05) is 6.07 Å². The third-order valence-electron chi connectivity index (χ3n) is 3.81. The van der Waals surface area contributed by atoms with Crippen LogP contribution < -0.4 is 10.0 Å². The smallest absolute Gasteiger partial charge is 0.261 e. The van der Waals surface area contributed by atoms with Gasteiger partial charge in [0.25, 0.3) is 11.8 Å². The van der Waals surface area contributed by atoms with Gasteiger partial charge in [-0.2, -0.15) is 0 Å². The van der Waals surface area contributed by atoms with Gasteiger partial charge < -0.3 is 9.90 Å². The Bertz CT molecular complexity index is 680. The summed E-state index contributed by atoms with van der Waals surface area (Å²) in [4.78, 5) is 36.9. The second kappa shape index (κ2) is 5.25. The predicted molar refractivity (Wildman–Crippen MR) is 81.5 cm³/mol. The Morgan fingerprint density at radius 1 is 1.10 bits per heavy atom. The van der Waals surface area contributed by atoms with E-state index in [0.717, 1.165) is 17.7 Å². The maximum absolute atomic E-state index is 12.4. The van der Waals surface area contributed by atoms with Crippen LogP contribution in [0, 0.1) is 3.57 Å². The van der Waals surface area contributed by atoms with E-state index >= 15 is 0 Å². The van der Waals surface area contributed by atoms with Crippen LogP contribution in [0.25, 0.3) is 0 Å². The molecule has 1 heterocycles. The molecule has 2 aliphatic rings. The van der Waals surface area contributed by atoms with Crippen LogP contribution in [0.1, 0.15) is 36.0 Å². The van der Waals surface area contributed by atoms with Gasteiger partial charge in [0.05, 0.1) is 11.7 Å². The number of carbonyl (C=O) groups excluding carboxylic acids is 3. The Balaban J connectivity index is 2.01. The molecule has 1 aromatic carbocycles. The van der Waals surface area contributed by atoms with E-state index in [2.05, 4.69) is 0 Å². The topological polar surface area (TPSA) is 77.5 Å². The molecule has 2 amide bonds. The average molecular weight is 396 g/mol. The summed E-state index contributed by atoms with van der Waals surface area (Å²) in [5.74, 6) is -1.82. The number of benzene rings is 1. The zero-order valence-corrected chi connectivity index (χ0v) is 13.2. The van der Waals surface area contributed by atoms with E-state index in [4.69, 9.17) is 0 Å². The minimum atomic E-state index is -1.28. The summed E-state index contributed by atoms with van der Waals surface area (Å²) >= 11 is 1.93. The van der Waals surface area contributed by atoms with Crippen molar-refractivity contribution in [1.82, 2.24) is 0 Å². The fourth-order valence-corrected chi connectivity index (χ4v) is 3.53. The summed E-state index contributed by atoms with van der Waals surface area (Å²) in [5.41, 5.74) is 1.70. The molecule has 5 nitrogen and oxygen atoms in total. The van der Waals surface area contributed by atoms with Gasteiger partial charge in [-0.05, 0) is 66.0 Å². The lowest BCUT2D eigenvalue weighted by Crippen LogP contribution is -2.32. The van der Waals surface area contributed by atoms with Crippen molar-refractivity contribution in [2.75, 3.05) is 4.90 Å². The Kier molecular flexibility index (Phi) is 3.56. The Labute approximate surface area is 134 Å². The van der Waals surface area contributed by atoms with Gasteiger partial charge in [0, 0.05) is 14.7 Å². The van der Waals surface area contributed by atoms with Gasteiger partial charge >= 0.3 is 0 Å². The highest BCUT2D eigenvalue weighted by atomic mass is 127. The average Bonchev–Trinajstić information content (AvgIpc) is 2.72. The fraction of sp³-hybridized carbons (Fsp3) is 0.267. The van der Waals surface area contributed by atoms with Crippen molar-refractivity contribution < 1.29 is 19.5 Å². The molecule has 0 spiro atoms. The number of nitrogens with zero attached hydrogens (tertiary/aromatic N) is 1. The monoisotopic (exact) mass is 396 g/mol. The molecule has 0 aromatic heterocycles. The number of rotatable bonds is 2. The van der Waals surface area contributed by atoms with E-state index in [1.54, 1.807) is 0 Å². The molecule has 0 saturated carbocycles. The predicted octanol–water partition coefficient (Wildman–Crippen LogP) is 1.40. The summed E-state index contributed by atoms with van der Waals surface area (Å²) in [5, 5.41) is 10.8. The van der Waals surface area contributed by atoms with E-state index in [-0.39, 0.29) is 17.4 Å². The Morgan fingerprint density at radius 2 is 1.67 bits per heavy atom. The Hall–Kier alpha value is -1.70. The first-order chi connectivity index (χ1) is 10.0. The highest BCUT2D eigenvalue weighted by Crippen LogP contribution is 2.37. The van der Waals surface area contributed by atoms with Crippen molar-refractivity contribution in [3.63, 3.8) is 0 Å². The number of amides is 2. The van der Waals surface area contributed by atoms with Crippen molar-refractivity contribution >= 4 is 46.1 Å². The van der Waals surface area contributed by atoms with Gasteiger partial charge in [-0.3, -0.25) is 9.59 Å². The molecule has 108 valence electrons. The largest absolute Gasteiger partial charge is 0.545 e. The molecule has 21 heavy (non-hydrogen) atoms. The molecule has 0 N–H and O–H groups in total. The molecule has 1 aliphatic heterocycles. The normalized spacial score (nSPS) is 18.2. The first-order valence-electron chi connectivity index (χ1n) is 6.62. The zero-order chi connectivity index (χ0) is 15.1. The van der Waals surface area contributed by atoms with Crippen LogP contribution in [0.2, 0.25) is 0 Å². The third-order valence-corrected chi connectivity index (χ3v) is 4.68. The number of carboxylic acid groups (broad SMARTS) is 1. The van der Waals surface area contributed by atoms with Crippen molar-refractivity contribution in [3.8, 4) is 0 Å². The van der Waals surface area contributed by atoms with E-state index in [1.807, 2.05) is 22.6 Å². The van der Waals surface area contributed by atoms with Crippen molar-refractivity contribution in [3.05, 3.63) is 38.5 Å². The molecule has 0 saturated heterocycles. The molecular weight excluding hydrogens is 385 g/mol. The maximum atomic E-state index is 12.4. The minimum absolute atomic E-state index is 0.0277. The highest BCUT2D eigenvalue weighted by Gasteiger charge is 2.40. The van der Waals surface area contributed by atoms with Gasteiger partial charge in [-0.15, -0.1) is 0 Å². The van der Waals surface area contributed by atoms with Crippen molar-refractivity contribution in [1.29, 1.82) is 0 Å². The van der Waals surface area contributed by atoms with Crippen LogP contribution in [0.3, 0.4) is 0 Å². The van der Waals surface area contributed by atoms with Crippen LogP contribution in [0.4, 0.5) is 5.69 Å². The van der Waals surface area contributed by atoms with Crippen LogP contribution in [-0.2, 0) is 9.59 Å². The highest BCUT2D eigenvalue weighted by molar-refractivity contribution is 14.1. The first-order valence-corrected chi connectivity index (χ1v) is 7.70. The lowest BCUT2D eigenvalue weighted by atomic mass is 9.93. The van der Waals surface area contributed by atoms with Crippen LogP contribution >= 0.6 is 22.6 Å². The molecule has 1 aliphatic carbocycles. The molecule has 1 aromatic rings. The molecule has 0 radical (unpaired) electrons. The number of carboxylic acids is 1. The van der Waals surface area contributed by atoms with Crippen LogP contribution in [-0.4, -0.2) is 17.8 Å². The van der Waals surface area contributed by atoms with Crippen LogP contribution in [0.5, 0.6) is 0 Å². The van der Waals surface area contributed by atoms with Gasteiger partial charge in [-0.25, -0.2) is 4.90 Å². The number of imide groups is 1. The van der Waals surface area contributed by atoms with Crippen molar-refractivity contribution in [2.45, 2.75) is 25.7 Å². The molecule has 0 fully saturated rings. The summed E-state index contributed by atoms with van der Waals surface area (Å²) in [7, 11) is 0. The Morgan fingerprint density at radius 3 is 2.14 bits per heavy atom. The number of aromatic carboxylic acids is 1. The van der Waals surface area contributed by atoms with Gasteiger partial charge in [0.1, 0.15) is 0 Å². The second-order valence-corrected chi connectivity index (χ2v) is 6.23. The van der Waals surface area contributed by atoms with E-state index in [9.17, 15) is 19.5 Å². The molecule has 0 unspecified atom stereocenters. The van der Waals surface area contributed by atoms with Crippen molar-refractivity contribution in [2.24, 2.45) is 0 Å². The van der Waals surface area contributed by atoms with Gasteiger partial charge in [0.2, 0.25) is 0 Å². The molecule has 0 bridgehead atoms. The number of hydrogen-bond donors (Lipinski definition) is 0. The molecule has 0 atom stereocenters. The minimum Gasteiger partial charge on any atom is -0.545 e. The van der Waals surface area contributed by atoms with Gasteiger partial charge in [0.15, 0.2) is 0 Å². The first kappa shape index (κ1) is 14.2. The quantitative estimate of drug-likeness (QED) is 0.560. The summed E-state index contributed by atoms with van der Waals surface area (Å²) in [6.07, 6.45) is 3.13. The lowest BCUT2D eigenvalue weighted by Gasteiger charge is -2.17. The molecule has 3 rings (SSSR count).